The molecule has 1 atom stereocenters. The standard InChI is InChI=1S/C15H13F7N2O2S/c1-2-27(25)11-6-4-3-5-10(11)24-8-7-12(23-24)26-9-13(16,17)14(18,19)15(20,21)22/h3-8H,2,9H2,1H3. The van der Waals surface area contributed by atoms with Gasteiger partial charge in [0.2, 0.25) is 5.88 Å². The molecule has 0 radical (unpaired) electrons. The number of aromatic nitrogens is 2. The second kappa shape index (κ2) is 7.58. The third kappa shape index (κ3) is 4.32. The molecule has 150 valence electrons. The van der Waals surface area contributed by atoms with Crippen LogP contribution in [0.25, 0.3) is 5.69 Å². The predicted molar refractivity (Wildman–Crippen MR) is 82.0 cm³/mol. The van der Waals surface area contributed by atoms with Crippen molar-refractivity contribution in [2.45, 2.75) is 29.8 Å². The number of rotatable bonds is 7. The molecule has 0 saturated carbocycles. The molecule has 0 saturated heterocycles. The van der Waals surface area contributed by atoms with Gasteiger partial charge in [-0.1, -0.05) is 12.1 Å². The van der Waals surface area contributed by atoms with E-state index in [1.807, 2.05) is 0 Å². The molecule has 0 N–H and O–H groups in total. The molecule has 27 heavy (non-hydrogen) atoms. The van der Waals surface area contributed by atoms with Crippen LogP contribution in [0.5, 0.6) is 5.88 Å². The number of alkyl halides is 7. The van der Waals surface area contributed by atoms with Crippen LogP contribution in [0.15, 0.2) is 41.4 Å². The summed E-state index contributed by atoms with van der Waals surface area (Å²) < 4.78 is 106. The first-order chi connectivity index (χ1) is 12.4. The van der Waals surface area contributed by atoms with Gasteiger partial charge in [0.05, 0.1) is 0 Å². The van der Waals surface area contributed by atoms with Gasteiger partial charge in [-0.15, -0.1) is 5.10 Å². The van der Waals surface area contributed by atoms with Crippen molar-refractivity contribution in [3.05, 3.63) is 36.5 Å². The van der Waals surface area contributed by atoms with Crippen LogP contribution < -0.4 is 4.74 Å². The number of benzene rings is 1. The van der Waals surface area contributed by atoms with Gasteiger partial charge >= 0.3 is 18.0 Å². The Morgan fingerprint density at radius 1 is 1.07 bits per heavy atom. The fraction of sp³-hybridized carbons (Fsp3) is 0.400. The van der Waals surface area contributed by atoms with Gasteiger partial charge in [-0.2, -0.15) is 30.7 Å². The molecule has 12 heteroatoms. The minimum atomic E-state index is -6.43. The van der Waals surface area contributed by atoms with E-state index in [9.17, 15) is 35.3 Å². The summed E-state index contributed by atoms with van der Waals surface area (Å²) in [5.74, 6) is -12.0. The number of nitrogens with zero attached hydrogens (tertiary/aromatic N) is 2. The maximum Gasteiger partial charge on any atom is 0.460 e. The van der Waals surface area contributed by atoms with Crippen LogP contribution in [-0.2, 0) is 11.2 Å². The molecule has 0 spiro atoms. The van der Waals surface area contributed by atoms with Gasteiger partial charge in [0.25, 0.3) is 0 Å². The summed E-state index contributed by atoms with van der Waals surface area (Å²) in [6, 6.07) is 7.29. The molecule has 1 aromatic carbocycles. The summed E-state index contributed by atoms with van der Waals surface area (Å²) in [6.45, 7) is -0.549. The van der Waals surface area contributed by atoms with Gasteiger partial charge in [-0.05, 0) is 30.2 Å². The van der Waals surface area contributed by atoms with Crippen molar-refractivity contribution in [2.24, 2.45) is 0 Å². The summed E-state index contributed by atoms with van der Waals surface area (Å²) in [7, 11) is 0. The topological polar surface area (TPSA) is 50.1 Å². The maximum absolute atomic E-state index is 13.3. The minimum Gasteiger partial charge on any atom is -0.611 e. The Hall–Kier alpha value is -1.95. The average molecular weight is 418 g/mol. The number of halogens is 7. The van der Waals surface area contributed by atoms with Crippen LogP contribution in [0.3, 0.4) is 0 Å². The third-order valence-corrected chi connectivity index (χ3v) is 4.76. The van der Waals surface area contributed by atoms with Crippen molar-refractivity contribution in [1.82, 2.24) is 9.78 Å². The summed E-state index contributed by atoms with van der Waals surface area (Å²) >= 11 is -1.38. The SMILES string of the molecule is CC[S+]([O-])c1ccccc1-n1ccc(OCC(F)(F)C(F)(F)C(F)(F)F)n1. The van der Waals surface area contributed by atoms with E-state index in [4.69, 9.17) is 0 Å². The number of hydrogen-bond acceptors (Lipinski definition) is 3. The van der Waals surface area contributed by atoms with E-state index in [2.05, 4.69) is 9.84 Å². The van der Waals surface area contributed by atoms with Gasteiger partial charge in [0, 0.05) is 12.3 Å². The zero-order valence-electron chi connectivity index (χ0n) is 13.6. The normalized spacial score (nSPS) is 14.3. The average Bonchev–Trinajstić information content (AvgIpc) is 3.07. The molecule has 2 aromatic rings. The second-order valence-corrected chi connectivity index (χ2v) is 6.97. The fourth-order valence-electron chi connectivity index (χ4n) is 1.98. The molecule has 0 fully saturated rings. The second-order valence-electron chi connectivity index (χ2n) is 5.27. The van der Waals surface area contributed by atoms with Crippen LogP contribution in [0, 0.1) is 0 Å². The quantitative estimate of drug-likeness (QED) is 0.500. The van der Waals surface area contributed by atoms with Crippen LogP contribution in [0.2, 0.25) is 0 Å². The molecule has 1 aromatic heterocycles. The molecule has 0 amide bonds. The van der Waals surface area contributed by atoms with E-state index in [-0.39, 0.29) is 0 Å². The van der Waals surface area contributed by atoms with Crippen LogP contribution in [0.1, 0.15) is 6.92 Å². The molecule has 0 bridgehead atoms. The van der Waals surface area contributed by atoms with E-state index < -0.39 is 41.7 Å². The van der Waals surface area contributed by atoms with Gasteiger partial charge in [0.1, 0.15) is 11.4 Å². The van der Waals surface area contributed by atoms with E-state index in [0.29, 0.717) is 16.3 Å². The maximum atomic E-state index is 13.3. The van der Waals surface area contributed by atoms with E-state index in [1.165, 1.54) is 12.3 Å². The molecule has 1 heterocycles. The lowest BCUT2D eigenvalue weighted by Crippen LogP contribution is -2.54. The molecular formula is C15H13F7N2O2S. The zero-order valence-corrected chi connectivity index (χ0v) is 14.5. The highest BCUT2D eigenvalue weighted by Gasteiger charge is 2.73. The van der Waals surface area contributed by atoms with Crippen molar-refractivity contribution in [3.8, 4) is 11.6 Å². The largest absolute Gasteiger partial charge is 0.611 e. The summed E-state index contributed by atoms with van der Waals surface area (Å²) in [4.78, 5) is 0.378. The molecule has 0 aliphatic heterocycles. The van der Waals surface area contributed by atoms with Crippen molar-refractivity contribution >= 4 is 11.2 Å². The Bertz CT molecular complexity index is 780. The van der Waals surface area contributed by atoms with Gasteiger partial charge in [-0.3, -0.25) is 0 Å². The van der Waals surface area contributed by atoms with Crippen molar-refractivity contribution < 1.29 is 40.0 Å². The van der Waals surface area contributed by atoms with Crippen LogP contribution >= 0.6 is 0 Å². The van der Waals surface area contributed by atoms with Crippen molar-refractivity contribution in [1.29, 1.82) is 0 Å². The lowest BCUT2D eigenvalue weighted by molar-refractivity contribution is -0.358. The first-order valence-electron chi connectivity index (χ1n) is 7.39. The van der Waals surface area contributed by atoms with E-state index in [0.717, 1.165) is 10.7 Å². The lowest BCUT2D eigenvalue weighted by Gasteiger charge is -2.27. The monoisotopic (exact) mass is 418 g/mol. The molecular weight excluding hydrogens is 405 g/mol. The van der Waals surface area contributed by atoms with Gasteiger partial charge in [0.15, 0.2) is 11.5 Å². The molecule has 1 unspecified atom stereocenters. The molecule has 4 nitrogen and oxygen atoms in total. The van der Waals surface area contributed by atoms with Crippen molar-refractivity contribution in [2.75, 3.05) is 12.4 Å². The highest BCUT2D eigenvalue weighted by atomic mass is 32.2. The first kappa shape index (κ1) is 21.4. The zero-order chi connectivity index (χ0) is 20.5. The van der Waals surface area contributed by atoms with E-state index >= 15 is 0 Å². The number of ether oxygens (including phenoxy) is 1. The molecule has 0 aliphatic rings. The van der Waals surface area contributed by atoms with Crippen LogP contribution in [-0.4, -0.2) is 44.7 Å². The van der Waals surface area contributed by atoms with Gasteiger partial charge in [-0.25, -0.2) is 4.68 Å². The Kier molecular flexibility index (Phi) is 6.00. The molecule has 2 rings (SSSR count). The first-order valence-corrected chi connectivity index (χ1v) is 8.71. The predicted octanol–water partition coefficient (Wildman–Crippen LogP) is 4.21. The highest BCUT2D eigenvalue weighted by molar-refractivity contribution is 7.91. The number of para-hydroxylation sites is 1. The van der Waals surface area contributed by atoms with Crippen molar-refractivity contribution in [3.63, 3.8) is 0 Å². The smallest absolute Gasteiger partial charge is 0.460 e. The number of hydrogen-bond donors (Lipinski definition) is 0. The summed E-state index contributed by atoms with van der Waals surface area (Å²) in [5.41, 5.74) is 0.319. The Morgan fingerprint density at radius 3 is 2.30 bits per heavy atom. The summed E-state index contributed by atoms with van der Waals surface area (Å²) in [5, 5.41) is 3.71. The Morgan fingerprint density at radius 2 is 1.70 bits per heavy atom. The van der Waals surface area contributed by atoms with E-state index in [1.54, 1.807) is 25.1 Å². The Balaban J connectivity index is 2.19. The van der Waals surface area contributed by atoms with Gasteiger partial charge < -0.3 is 9.29 Å². The third-order valence-electron chi connectivity index (χ3n) is 3.40. The Labute approximate surface area is 152 Å². The lowest BCUT2D eigenvalue weighted by atomic mass is 10.2. The molecule has 0 aliphatic carbocycles. The summed E-state index contributed by atoms with van der Waals surface area (Å²) in [6.07, 6.45) is -5.22. The highest BCUT2D eigenvalue weighted by Crippen LogP contribution is 2.46. The fourth-order valence-corrected chi connectivity index (χ4v) is 2.91. The van der Waals surface area contributed by atoms with Crippen LogP contribution in [0.4, 0.5) is 30.7 Å². The minimum absolute atomic E-state index is 0.292.